The molecule has 16 heavy (non-hydrogen) atoms. The SMILES string of the molecule is O=C(Nc1ncc(Br)[se]1)c1ccccc1F. The third-order valence-corrected chi connectivity index (χ3v) is 4.33. The van der Waals surface area contributed by atoms with E-state index in [0.717, 1.165) is 3.35 Å². The summed E-state index contributed by atoms with van der Waals surface area (Å²) in [6.45, 7) is 0. The molecule has 0 unspecified atom stereocenters. The average molecular weight is 348 g/mol. The van der Waals surface area contributed by atoms with Crippen molar-refractivity contribution in [3.05, 3.63) is 45.2 Å². The monoisotopic (exact) mass is 348 g/mol. The van der Waals surface area contributed by atoms with Gasteiger partial charge in [-0.05, 0) is 0 Å². The Labute approximate surface area is 106 Å². The number of aromatic nitrogens is 1. The van der Waals surface area contributed by atoms with Gasteiger partial charge in [-0.25, -0.2) is 0 Å². The summed E-state index contributed by atoms with van der Waals surface area (Å²) in [5.41, 5.74) is 0.0315. The van der Waals surface area contributed by atoms with E-state index in [4.69, 9.17) is 0 Å². The Morgan fingerprint density at radius 3 is 2.81 bits per heavy atom. The first-order valence-electron chi connectivity index (χ1n) is 4.34. The van der Waals surface area contributed by atoms with E-state index in [1.807, 2.05) is 0 Å². The molecule has 1 N–H and O–H groups in total. The molecule has 0 aliphatic carbocycles. The van der Waals surface area contributed by atoms with Gasteiger partial charge in [-0.15, -0.1) is 0 Å². The molecule has 0 radical (unpaired) electrons. The van der Waals surface area contributed by atoms with Crippen LogP contribution in [0.3, 0.4) is 0 Å². The molecule has 0 bridgehead atoms. The third kappa shape index (κ3) is 2.58. The van der Waals surface area contributed by atoms with E-state index in [0.29, 0.717) is 4.69 Å². The topological polar surface area (TPSA) is 42.0 Å². The van der Waals surface area contributed by atoms with Crippen LogP contribution in [0, 0.1) is 5.82 Å². The molecule has 0 fully saturated rings. The zero-order valence-electron chi connectivity index (χ0n) is 7.91. The standard InChI is InChI=1S/C10H6BrFN2OSe/c11-8-5-13-10(16-8)14-9(15)6-3-1-2-4-7(6)12/h1-5H,(H,13,14,15). The van der Waals surface area contributed by atoms with E-state index in [-0.39, 0.29) is 20.1 Å². The van der Waals surface area contributed by atoms with Gasteiger partial charge in [0.2, 0.25) is 0 Å². The number of amides is 1. The maximum atomic E-state index is 13.3. The van der Waals surface area contributed by atoms with Crippen LogP contribution >= 0.6 is 15.9 Å². The molecule has 1 amide bonds. The van der Waals surface area contributed by atoms with E-state index < -0.39 is 11.7 Å². The first kappa shape index (κ1) is 11.5. The van der Waals surface area contributed by atoms with Gasteiger partial charge in [-0.2, -0.15) is 0 Å². The van der Waals surface area contributed by atoms with E-state index in [2.05, 4.69) is 26.2 Å². The summed E-state index contributed by atoms with van der Waals surface area (Å²) in [5.74, 6) is -0.993. The fourth-order valence-electron chi connectivity index (χ4n) is 1.12. The summed E-state index contributed by atoms with van der Waals surface area (Å²) < 4.78 is 14.8. The number of carbonyl (C=O) groups is 1. The molecule has 82 valence electrons. The van der Waals surface area contributed by atoms with Gasteiger partial charge < -0.3 is 0 Å². The van der Waals surface area contributed by atoms with Crippen LogP contribution in [-0.4, -0.2) is 25.4 Å². The number of benzene rings is 1. The van der Waals surface area contributed by atoms with Crippen molar-refractivity contribution in [3.63, 3.8) is 0 Å². The summed E-state index contributed by atoms with van der Waals surface area (Å²) >= 11 is 3.26. The number of nitrogens with zero attached hydrogens (tertiary/aromatic N) is 1. The molecular weight excluding hydrogens is 342 g/mol. The Hall–Kier alpha value is -0.971. The predicted molar refractivity (Wildman–Crippen MR) is 63.2 cm³/mol. The summed E-state index contributed by atoms with van der Waals surface area (Å²) in [5, 5.41) is 2.58. The van der Waals surface area contributed by atoms with Crippen molar-refractivity contribution in [2.75, 3.05) is 5.32 Å². The predicted octanol–water partition coefficient (Wildman–Crippen LogP) is 2.29. The summed E-state index contributed by atoms with van der Waals surface area (Å²) in [4.78, 5) is 15.7. The van der Waals surface area contributed by atoms with Crippen LogP contribution in [-0.2, 0) is 0 Å². The van der Waals surface area contributed by atoms with E-state index in [1.165, 1.54) is 12.1 Å². The Balaban J connectivity index is 2.18. The van der Waals surface area contributed by atoms with Crippen LogP contribution < -0.4 is 5.32 Å². The van der Waals surface area contributed by atoms with Crippen LogP contribution in [0.2, 0.25) is 0 Å². The first-order chi connectivity index (χ1) is 7.66. The molecule has 0 saturated heterocycles. The molecule has 0 spiro atoms. The van der Waals surface area contributed by atoms with Gasteiger partial charge in [-0.3, -0.25) is 0 Å². The normalized spacial score (nSPS) is 10.1. The summed E-state index contributed by atoms with van der Waals surface area (Å²) in [6.07, 6.45) is 1.64. The molecule has 6 heteroatoms. The number of carbonyl (C=O) groups excluding carboxylic acids is 1. The fraction of sp³-hybridized carbons (Fsp3) is 0. The van der Waals surface area contributed by atoms with Crippen LogP contribution in [0.1, 0.15) is 10.4 Å². The van der Waals surface area contributed by atoms with Crippen molar-refractivity contribution in [3.8, 4) is 0 Å². The number of halogens is 2. The molecular formula is C10H6BrFN2OSe. The van der Waals surface area contributed by atoms with Gasteiger partial charge in [0.05, 0.1) is 0 Å². The van der Waals surface area contributed by atoms with Gasteiger partial charge in [-0.1, -0.05) is 0 Å². The minimum absolute atomic E-state index is 0.0269. The molecule has 0 atom stereocenters. The van der Waals surface area contributed by atoms with Gasteiger partial charge in [0.25, 0.3) is 0 Å². The Kier molecular flexibility index (Phi) is 3.53. The van der Waals surface area contributed by atoms with Crippen LogP contribution in [0.4, 0.5) is 9.08 Å². The second kappa shape index (κ2) is 4.91. The molecule has 0 aliphatic heterocycles. The second-order valence-electron chi connectivity index (χ2n) is 2.90. The third-order valence-electron chi connectivity index (χ3n) is 1.82. The number of rotatable bonds is 2. The Bertz CT molecular complexity index is 529. The van der Waals surface area contributed by atoms with Crippen molar-refractivity contribution < 1.29 is 9.18 Å². The molecule has 2 rings (SSSR count). The molecule has 0 saturated carbocycles. The first-order valence-corrected chi connectivity index (χ1v) is 6.84. The summed E-state index contributed by atoms with van der Waals surface area (Å²) in [6, 6.07) is 5.86. The number of hydrogen-bond donors (Lipinski definition) is 1. The molecule has 3 nitrogen and oxygen atoms in total. The Morgan fingerprint density at radius 2 is 2.19 bits per heavy atom. The number of anilines is 1. The molecule has 2 aromatic rings. The van der Waals surface area contributed by atoms with Crippen LogP contribution in [0.15, 0.2) is 33.8 Å². The number of nitrogens with one attached hydrogen (secondary N) is 1. The summed E-state index contributed by atoms with van der Waals surface area (Å²) in [7, 11) is 0. The van der Waals surface area contributed by atoms with E-state index in [9.17, 15) is 9.18 Å². The molecule has 1 aromatic heterocycles. The average Bonchev–Trinajstić information content (AvgIpc) is 2.64. The molecule has 1 heterocycles. The Morgan fingerprint density at radius 1 is 1.44 bits per heavy atom. The van der Waals surface area contributed by atoms with Crippen LogP contribution in [0.25, 0.3) is 0 Å². The quantitative estimate of drug-likeness (QED) is 0.847. The van der Waals surface area contributed by atoms with Gasteiger partial charge in [0.15, 0.2) is 0 Å². The fourth-order valence-corrected chi connectivity index (χ4v) is 3.15. The van der Waals surface area contributed by atoms with Crippen molar-refractivity contribution in [1.29, 1.82) is 0 Å². The van der Waals surface area contributed by atoms with Crippen molar-refractivity contribution >= 4 is 41.0 Å². The van der Waals surface area contributed by atoms with Gasteiger partial charge in [0, 0.05) is 0 Å². The minimum atomic E-state index is -0.530. The van der Waals surface area contributed by atoms with E-state index in [1.54, 1.807) is 18.3 Å². The van der Waals surface area contributed by atoms with Crippen LogP contribution in [0.5, 0.6) is 0 Å². The zero-order valence-corrected chi connectivity index (χ0v) is 11.2. The van der Waals surface area contributed by atoms with Crippen molar-refractivity contribution in [2.45, 2.75) is 0 Å². The van der Waals surface area contributed by atoms with Crippen molar-refractivity contribution in [2.24, 2.45) is 0 Å². The maximum absolute atomic E-state index is 13.3. The zero-order chi connectivity index (χ0) is 11.5. The molecule has 1 aromatic carbocycles. The van der Waals surface area contributed by atoms with Gasteiger partial charge >= 0.3 is 106 Å². The number of hydrogen-bond acceptors (Lipinski definition) is 2. The van der Waals surface area contributed by atoms with E-state index >= 15 is 0 Å². The van der Waals surface area contributed by atoms with Crippen molar-refractivity contribution in [1.82, 2.24) is 4.98 Å². The second-order valence-corrected chi connectivity index (χ2v) is 7.10. The molecule has 0 aliphatic rings. The van der Waals surface area contributed by atoms with Gasteiger partial charge in [0.1, 0.15) is 0 Å².